The van der Waals surface area contributed by atoms with E-state index >= 15 is 0 Å². The van der Waals surface area contributed by atoms with E-state index in [1.54, 1.807) is 20.8 Å². The van der Waals surface area contributed by atoms with Crippen LogP contribution in [0, 0.1) is 5.92 Å². The summed E-state index contributed by atoms with van der Waals surface area (Å²) in [6.07, 6.45) is -3.55. The molecule has 4 rings (SSSR count). The molecule has 0 saturated carbocycles. The van der Waals surface area contributed by atoms with Crippen molar-refractivity contribution in [1.29, 1.82) is 0 Å². The van der Waals surface area contributed by atoms with Crippen molar-refractivity contribution in [3.63, 3.8) is 0 Å². The number of esters is 1. The van der Waals surface area contributed by atoms with Gasteiger partial charge in [-0.25, -0.2) is 9.78 Å². The largest absolute Gasteiger partial charge is 0.481 e. The number of halogens is 3. The second-order valence-electron chi connectivity index (χ2n) is 12.5. The number of rotatable bonds is 11. The first kappa shape index (κ1) is 35.6. The highest BCUT2D eigenvalue weighted by molar-refractivity contribution is 5.89. The third-order valence-corrected chi connectivity index (χ3v) is 8.99. The minimum absolute atomic E-state index is 0.0295. The van der Waals surface area contributed by atoms with Gasteiger partial charge in [0.05, 0.1) is 43.6 Å². The Labute approximate surface area is 268 Å². The molecule has 0 unspecified atom stereocenters. The predicted molar refractivity (Wildman–Crippen MR) is 163 cm³/mol. The van der Waals surface area contributed by atoms with Gasteiger partial charge < -0.3 is 28.6 Å². The summed E-state index contributed by atoms with van der Waals surface area (Å²) in [4.78, 5) is 33.9. The minimum Gasteiger partial charge on any atom is -0.481 e. The van der Waals surface area contributed by atoms with Gasteiger partial charge in [-0.15, -0.1) is 0 Å². The summed E-state index contributed by atoms with van der Waals surface area (Å²) < 4.78 is 70.5. The Balaban J connectivity index is 1.94. The molecular formula is C34H45F3N2O7. The average Bonchev–Trinajstić information content (AvgIpc) is 3.39. The lowest BCUT2D eigenvalue weighted by Crippen LogP contribution is -2.53. The number of benzene rings is 1. The van der Waals surface area contributed by atoms with Crippen molar-refractivity contribution >= 4 is 11.9 Å². The number of hydrogen-bond acceptors (Lipinski definition) is 8. The molecule has 5 atom stereocenters. The summed E-state index contributed by atoms with van der Waals surface area (Å²) in [5.74, 6) is -1.80. The SMILES string of the molecule is CCOC(=O)[C@@H]1[C@@H](C(C)(C)OC)[C@H](OCc2cc(C(F)(F)F)cnc2OC)[C@H](c2ccccc2C(C)C)N1C(=O)[C@@H]1CCCCO1. The molecular weight excluding hydrogens is 605 g/mol. The topological polar surface area (TPSA) is 96.4 Å². The number of methoxy groups -OCH3 is 2. The molecule has 9 nitrogen and oxygen atoms in total. The first-order valence-electron chi connectivity index (χ1n) is 15.7. The Morgan fingerprint density at radius 3 is 2.43 bits per heavy atom. The van der Waals surface area contributed by atoms with Crippen LogP contribution >= 0.6 is 0 Å². The number of carbonyl (C=O) groups excluding carboxylic acids is 2. The summed E-state index contributed by atoms with van der Waals surface area (Å²) in [6, 6.07) is 6.57. The Kier molecular flexibility index (Phi) is 11.4. The molecule has 254 valence electrons. The average molecular weight is 651 g/mol. The maximum Gasteiger partial charge on any atom is 0.417 e. The van der Waals surface area contributed by atoms with E-state index < -0.39 is 53.5 Å². The Bertz CT molecular complexity index is 1360. The lowest BCUT2D eigenvalue weighted by molar-refractivity contribution is -0.165. The van der Waals surface area contributed by atoms with Crippen LogP contribution in [0.2, 0.25) is 0 Å². The molecule has 2 aromatic rings. The van der Waals surface area contributed by atoms with Crippen LogP contribution < -0.4 is 4.74 Å². The molecule has 2 aliphatic rings. The number of likely N-dealkylation sites (tertiary alicyclic amines) is 1. The third kappa shape index (κ3) is 7.34. The molecule has 0 radical (unpaired) electrons. The van der Waals surface area contributed by atoms with E-state index in [2.05, 4.69) is 4.98 Å². The van der Waals surface area contributed by atoms with Gasteiger partial charge in [0.2, 0.25) is 5.88 Å². The van der Waals surface area contributed by atoms with E-state index in [9.17, 15) is 22.8 Å². The lowest BCUT2D eigenvalue weighted by Gasteiger charge is -2.37. The summed E-state index contributed by atoms with van der Waals surface area (Å²) in [6.45, 7) is 9.47. The first-order chi connectivity index (χ1) is 21.8. The van der Waals surface area contributed by atoms with Gasteiger partial charge in [-0.2, -0.15) is 13.2 Å². The van der Waals surface area contributed by atoms with Crippen LogP contribution in [0.1, 0.15) is 88.1 Å². The maximum atomic E-state index is 14.6. The monoisotopic (exact) mass is 650 g/mol. The van der Waals surface area contributed by atoms with Crippen LogP contribution in [0.4, 0.5) is 13.2 Å². The maximum absolute atomic E-state index is 14.6. The standard InChI is InChI=1S/C34H45F3N2O7/c1-8-44-32(41)28-26(33(4,5)43-7)29(46-19-21-17-22(34(35,36)37)18-38-30(21)42-6)27(24-14-10-9-13-23(24)20(2)3)39(28)31(40)25-15-11-12-16-45-25/h9-10,13-14,17-18,20,25-29H,8,11-12,15-16,19H2,1-7H3/t25-,26+,27-,28-,29-/m0/s1. The van der Waals surface area contributed by atoms with Crippen LogP contribution in [0.25, 0.3) is 0 Å². The molecule has 2 fully saturated rings. The molecule has 46 heavy (non-hydrogen) atoms. The van der Waals surface area contributed by atoms with Crippen molar-refractivity contribution in [3.8, 4) is 5.88 Å². The Morgan fingerprint density at radius 2 is 1.85 bits per heavy atom. The van der Waals surface area contributed by atoms with Crippen LogP contribution in [0.5, 0.6) is 5.88 Å². The fourth-order valence-corrected chi connectivity index (χ4v) is 6.61. The summed E-state index contributed by atoms with van der Waals surface area (Å²) in [5, 5.41) is 0. The molecule has 1 aromatic carbocycles. The minimum atomic E-state index is -4.64. The molecule has 2 saturated heterocycles. The molecule has 0 bridgehead atoms. The molecule has 12 heteroatoms. The van der Waals surface area contributed by atoms with Crippen molar-refractivity contribution in [3.05, 3.63) is 58.8 Å². The van der Waals surface area contributed by atoms with Gasteiger partial charge in [0.25, 0.3) is 5.91 Å². The molecule has 1 amide bonds. The number of aromatic nitrogens is 1. The molecule has 3 heterocycles. The number of pyridine rings is 1. The van der Waals surface area contributed by atoms with Gasteiger partial charge in [-0.1, -0.05) is 38.1 Å². The number of ether oxygens (including phenoxy) is 5. The number of carbonyl (C=O) groups is 2. The zero-order chi connectivity index (χ0) is 33.8. The van der Waals surface area contributed by atoms with E-state index in [-0.39, 0.29) is 36.5 Å². The van der Waals surface area contributed by atoms with Crippen molar-refractivity contribution in [2.45, 2.75) is 102 Å². The van der Waals surface area contributed by atoms with Gasteiger partial charge >= 0.3 is 12.1 Å². The van der Waals surface area contributed by atoms with E-state index in [1.807, 2.05) is 38.1 Å². The highest BCUT2D eigenvalue weighted by atomic mass is 19.4. The summed E-state index contributed by atoms with van der Waals surface area (Å²) >= 11 is 0. The van der Waals surface area contributed by atoms with E-state index in [4.69, 9.17) is 23.7 Å². The highest BCUT2D eigenvalue weighted by Gasteiger charge is 2.61. The third-order valence-electron chi connectivity index (χ3n) is 8.99. The van der Waals surface area contributed by atoms with E-state index in [0.29, 0.717) is 19.2 Å². The Hall–Kier alpha value is -3.22. The molecule has 2 aliphatic heterocycles. The zero-order valence-electron chi connectivity index (χ0n) is 27.6. The van der Waals surface area contributed by atoms with Gasteiger partial charge in [0.1, 0.15) is 12.1 Å². The van der Waals surface area contributed by atoms with Crippen LogP contribution in [0.3, 0.4) is 0 Å². The normalized spacial score (nSPS) is 23.9. The molecule has 0 spiro atoms. The number of alkyl halides is 3. The van der Waals surface area contributed by atoms with Crippen molar-refractivity contribution in [1.82, 2.24) is 9.88 Å². The van der Waals surface area contributed by atoms with E-state index in [1.165, 1.54) is 19.1 Å². The summed E-state index contributed by atoms with van der Waals surface area (Å²) in [7, 11) is 2.82. The molecule has 1 aromatic heterocycles. The second kappa shape index (κ2) is 14.7. The molecule has 0 aliphatic carbocycles. The Morgan fingerprint density at radius 1 is 1.13 bits per heavy atom. The first-order valence-corrected chi connectivity index (χ1v) is 15.7. The highest BCUT2D eigenvalue weighted by Crippen LogP contribution is 2.50. The van der Waals surface area contributed by atoms with Gasteiger partial charge in [0, 0.05) is 31.4 Å². The van der Waals surface area contributed by atoms with Crippen LogP contribution in [-0.2, 0) is 41.3 Å². The van der Waals surface area contributed by atoms with Crippen molar-refractivity contribution < 1.29 is 46.4 Å². The second-order valence-corrected chi connectivity index (χ2v) is 12.5. The predicted octanol–water partition coefficient (Wildman–Crippen LogP) is 6.24. The van der Waals surface area contributed by atoms with Crippen molar-refractivity contribution in [2.24, 2.45) is 5.92 Å². The smallest absolute Gasteiger partial charge is 0.417 e. The van der Waals surface area contributed by atoms with Crippen LogP contribution in [0.15, 0.2) is 36.5 Å². The fraction of sp³-hybridized carbons (Fsp3) is 0.618. The number of hydrogen-bond donors (Lipinski definition) is 0. The fourth-order valence-electron chi connectivity index (χ4n) is 6.61. The summed E-state index contributed by atoms with van der Waals surface area (Å²) in [5.41, 5.74) is -0.268. The lowest BCUT2D eigenvalue weighted by atomic mass is 9.79. The van der Waals surface area contributed by atoms with Gasteiger partial charge in [-0.3, -0.25) is 4.79 Å². The van der Waals surface area contributed by atoms with Crippen LogP contribution in [-0.4, -0.2) is 73.0 Å². The van der Waals surface area contributed by atoms with Crippen molar-refractivity contribution in [2.75, 3.05) is 27.4 Å². The van der Waals surface area contributed by atoms with Gasteiger partial charge in [-0.05, 0) is 63.1 Å². The number of amides is 1. The number of nitrogens with zero attached hydrogens (tertiary/aromatic N) is 2. The van der Waals surface area contributed by atoms with Gasteiger partial charge in [0.15, 0.2) is 0 Å². The quantitative estimate of drug-likeness (QED) is 0.264. The zero-order valence-corrected chi connectivity index (χ0v) is 27.6. The molecule has 0 N–H and O–H groups in total. The van der Waals surface area contributed by atoms with E-state index in [0.717, 1.165) is 30.0 Å².